The topological polar surface area (TPSA) is 61.1 Å². The van der Waals surface area contributed by atoms with Crippen LogP contribution in [0.15, 0.2) is 28.2 Å². The first-order chi connectivity index (χ1) is 10.7. The highest BCUT2D eigenvalue weighted by Gasteiger charge is 2.28. The molecule has 6 nitrogen and oxygen atoms in total. The average Bonchev–Trinajstić information content (AvgIpc) is 3.08. The Morgan fingerprint density at radius 3 is 2.77 bits per heavy atom. The number of hydrogen-bond donors (Lipinski definition) is 1. The molecule has 1 fully saturated rings. The van der Waals surface area contributed by atoms with Gasteiger partial charge in [0.15, 0.2) is 5.17 Å². The average molecular weight is 320 g/mol. The summed E-state index contributed by atoms with van der Waals surface area (Å²) in [4.78, 5) is 21.3. The lowest BCUT2D eigenvalue weighted by atomic mass is 10.3. The Hall–Kier alpha value is -1.57. The summed E-state index contributed by atoms with van der Waals surface area (Å²) in [6.07, 6.45) is 3.85. The highest BCUT2D eigenvalue weighted by molar-refractivity contribution is 8.18. The Labute approximate surface area is 134 Å². The van der Waals surface area contributed by atoms with E-state index in [1.54, 1.807) is 0 Å². The molecule has 3 heterocycles. The summed E-state index contributed by atoms with van der Waals surface area (Å²) in [7, 11) is 1.96. The molecule has 0 aliphatic carbocycles. The quantitative estimate of drug-likeness (QED) is 0.827. The maximum absolute atomic E-state index is 12.1. The number of amides is 1. The zero-order chi connectivity index (χ0) is 15.5. The van der Waals surface area contributed by atoms with Gasteiger partial charge in [-0.3, -0.25) is 9.69 Å². The number of aliphatic hydroxyl groups excluding tert-OH is 1. The minimum Gasteiger partial charge on any atom is -0.395 e. The van der Waals surface area contributed by atoms with Crippen molar-refractivity contribution in [3.8, 4) is 0 Å². The maximum Gasteiger partial charge on any atom is 0.286 e. The van der Waals surface area contributed by atoms with Gasteiger partial charge in [0.25, 0.3) is 5.91 Å². The molecule has 7 heteroatoms. The standard InChI is InChI=1S/C15H20N4O2S/c1-17-4-2-3-12(17)11-13-14(21)16-15(22-13)19-7-5-18(6-8-19)9-10-20/h2-4,11,20H,5-10H2,1H3/b13-11+. The van der Waals surface area contributed by atoms with Crippen molar-refractivity contribution in [3.63, 3.8) is 0 Å². The fourth-order valence-corrected chi connectivity index (χ4v) is 3.55. The highest BCUT2D eigenvalue weighted by atomic mass is 32.2. The molecule has 22 heavy (non-hydrogen) atoms. The lowest BCUT2D eigenvalue weighted by Gasteiger charge is -2.34. The summed E-state index contributed by atoms with van der Waals surface area (Å²) >= 11 is 1.45. The SMILES string of the molecule is Cn1cccc1/C=C1/SC(N2CCN(CCO)CC2)=NC1=O. The number of carbonyl (C=O) groups is 1. The maximum atomic E-state index is 12.1. The van der Waals surface area contributed by atoms with Crippen LogP contribution >= 0.6 is 11.8 Å². The Morgan fingerprint density at radius 1 is 1.36 bits per heavy atom. The van der Waals surface area contributed by atoms with Gasteiger partial charge in [-0.05, 0) is 30.0 Å². The van der Waals surface area contributed by atoms with E-state index < -0.39 is 0 Å². The molecule has 0 saturated carbocycles. The van der Waals surface area contributed by atoms with Gasteiger partial charge in [-0.25, -0.2) is 0 Å². The molecule has 1 amide bonds. The molecule has 0 aromatic carbocycles. The van der Waals surface area contributed by atoms with E-state index in [9.17, 15) is 4.79 Å². The first-order valence-electron chi connectivity index (χ1n) is 7.39. The third-order valence-electron chi connectivity index (χ3n) is 3.93. The second-order valence-corrected chi connectivity index (χ2v) is 6.42. The molecule has 1 aromatic heterocycles. The van der Waals surface area contributed by atoms with E-state index in [-0.39, 0.29) is 12.5 Å². The van der Waals surface area contributed by atoms with Crippen LogP contribution in [-0.2, 0) is 11.8 Å². The number of hydrogen-bond acceptors (Lipinski definition) is 5. The second kappa shape index (κ2) is 6.68. The van der Waals surface area contributed by atoms with Crippen LogP contribution < -0.4 is 0 Å². The molecule has 0 spiro atoms. The van der Waals surface area contributed by atoms with E-state index in [1.165, 1.54) is 11.8 Å². The molecule has 118 valence electrons. The van der Waals surface area contributed by atoms with Gasteiger partial charge in [-0.1, -0.05) is 0 Å². The van der Waals surface area contributed by atoms with Gasteiger partial charge in [-0.2, -0.15) is 4.99 Å². The predicted molar refractivity (Wildman–Crippen MR) is 88.5 cm³/mol. The van der Waals surface area contributed by atoms with Crippen LogP contribution in [0, 0.1) is 0 Å². The zero-order valence-corrected chi connectivity index (χ0v) is 13.4. The third-order valence-corrected chi connectivity index (χ3v) is 4.98. The first kappa shape index (κ1) is 15.3. The number of β-amino-alcohol motifs (C(OH)–C–C–N with tert-alkyl or cyclic N) is 1. The van der Waals surface area contributed by atoms with E-state index >= 15 is 0 Å². The minimum atomic E-state index is -0.154. The molecule has 1 aromatic rings. The van der Waals surface area contributed by atoms with Crippen molar-refractivity contribution >= 4 is 28.9 Å². The number of aliphatic hydroxyl groups is 1. The van der Waals surface area contributed by atoms with Crippen LogP contribution in [-0.4, -0.2) is 69.9 Å². The Balaban J connectivity index is 1.64. The molecule has 1 saturated heterocycles. The van der Waals surface area contributed by atoms with Gasteiger partial charge in [0.1, 0.15) is 0 Å². The molecule has 2 aliphatic heterocycles. The number of piperazine rings is 1. The normalized spacial score (nSPS) is 21.7. The van der Waals surface area contributed by atoms with E-state index in [1.807, 2.05) is 36.0 Å². The number of amidine groups is 1. The number of nitrogens with zero attached hydrogens (tertiary/aromatic N) is 4. The van der Waals surface area contributed by atoms with Gasteiger partial charge in [0, 0.05) is 51.7 Å². The number of carbonyl (C=O) groups excluding carboxylic acids is 1. The summed E-state index contributed by atoms with van der Waals surface area (Å²) in [5.74, 6) is -0.154. The molecule has 3 rings (SSSR count). The fraction of sp³-hybridized carbons (Fsp3) is 0.467. The van der Waals surface area contributed by atoms with Crippen molar-refractivity contribution in [2.75, 3.05) is 39.3 Å². The molecule has 0 unspecified atom stereocenters. The zero-order valence-electron chi connectivity index (χ0n) is 12.6. The third kappa shape index (κ3) is 3.26. The monoisotopic (exact) mass is 320 g/mol. The van der Waals surface area contributed by atoms with E-state index in [0.29, 0.717) is 11.4 Å². The fourth-order valence-electron chi connectivity index (χ4n) is 2.60. The van der Waals surface area contributed by atoms with Crippen molar-refractivity contribution in [3.05, 3.63) is 28.9 Å². The van der Waals surface area contributed by atoms with Crippen molar-refractivity contribution in [1.82, 2.24) is 14.4 Å². The molecular weight excluding hydrogens is 300 g/mol. The van der Waals surface area contributed by atoms with Gasteiger partial charge in [-0.15, -0.1) is 0 Å². The predicted octanol–water partition coefficient (Wildman–Crippen LogP) is 0.605. The van der Waals surface area contributed by atoms with E-state index in [0.717, 1.165) is 37.0 Å². The van der Waals surface area contributed by atoms with Crippen LogP contribution in [0.1, 0.15) is 5.69 Å². The van der Waals surface area contributed by atoms with Gasteiger partial charge < -0.3 is 14.6 Å². The van der Waals surface area contributed by atoms with Gasteiger partial charge in [0.05, 0.1) is 11.5 Å². The molecular formula is C15H20N4O2S. The summed E-state index contributed by atoms with van der Waals surface area (Å²) in [6.45, 7) is 4.38. The van der Waals surface area contributed by atoms with Crippen LogP contribution in [0.5, 0.6) is 0 Å². The lowest BCUT2D eigenvalue weighted by Crippen LogP contribution is -2.48. The summed E-state index contributed by atoms with van der Waals surface area (Å²) < 4.78 is 1.98. The van der Waals surface area contributed by atoms with Crippen molar-refractivity contribution in [2.45, 2.75) is 0 Å². The van der Waals surface area contributed by atoms with Crippen molar-refractivity contribution in [2.24, 2.45) is 12.0 Å². The number of aliphatic imine (C=N–C) groups is 1. The van der Waals surface area contributed by atoms with Crippen LogP contribution in [0.2, 0.25) is 0 Å². The first-order valence-corrected chi connectivity index (χ1v) is 8.21. The smallest absolute Gasteiger partial charge is 0.286 e. The number of aryl methyl sites for hydroxylation is 1. The Kier molecular flexibility index (Phi) is 4.66. The van der Waals surface area contributed by atoms with E-state index in [2.05, 4.69) is 14.8 Å². The molecule has 1 N–H and O–H groups in total. The van der Waals surface area contributed by atoms with Crippen LogP contribution in [0.4, 0.5) is 0 Å². The van der Waals surface area contributed by atoms with Crippen molar-refractivity contribution < 1.29 is 9.90 Å². The van der Waals surface area contributed by atoms with Crippen LogP contribution in [0.25, 0.3) is 6.08 Å². The van der Waals surface area contributed by atoms with Crippen LogP contribution in [0.3, 0.4) is 0 Å². The van der Waals surface area contributed by atoms with Gasteiger partial charge >= 0.3 is 0 Å². The molecule has 0 radical (unpaired) electrons. The molecule has 2 aliphatic rings. The lowest BCUT2D eigenvalue weighted by molar-refractivity contribution is -0.113. The number of thioether (sulfide) groups is 1. The minimum absolute atomic E-state index is 0.154. The number of rotatable bonds is 3. The summed E-state index contributed by atoms with van der Waals surface area (Å²) in [5.41, 5.74) is 1.00. The number of aromatic nitrogens is 1. The summed E-state index contributed by atoms with van der Waals surface area (Å²) in [6, 6.07) is 3.94. The largest absolute Gasteiger partial charge is 0.395 e. The van der Waals surface area contributed by atoms with Gasteiger partial charge in [0.2, 0.25) is 0 Å². The highest BCUT2D eigenvalue weighted by Crippen LogP contribution is 2.30. The molecule has 0 atom stereocenters. The van der Waals surface area contributed by atoms with E-state index in [4.69, 9.17) is 5.11 Å². The second-order valence-electron chi connectivity index (χ2n) is 5.41. The Morgan fingerprint density at radius 2 is 2.14 bits per heavy atom. The Bertz CT molecular complexity index is 615. The van der Waals surface area contributed by atoms with Crippen molar-refractivity contribution in [1.29, 1.82) is 0 Å². The molecule has 0 bridgehead atoms. The summed E-state index contributed by atoms with van der Waals surface area (Å²) in [5, 5.41) is 9.77.